The molecule has 15 nitrogen and oxygen atoms in total. The van der Waals surface area contributed by atoms with Gasteiger partial charge in [-0.15, -0.1) is 11.8 Å². The number of nitrogens with one attached hydrogen (secondary N) is 1. The molecule has 4 N–H and O–H groups in total. The van der Waals surface area contributed by atoms with Gasteiger partial charge in [0.15, 0.2) is 12.3 Å². The van der Waals surface area contributed by atoms with Crippen molar-refractivity contribution in [3.63, 3.8) is 0 Å². The molecule has 0 aromatic heterocycles. The fourth-order valence-electron chi connectivity index (χ4n) is 5.90. The first-order valence-electron chi connectivity index (χ1n) is 15.0. The second kappa shape index (κ2) is 14.9. The summed E-state index contributed by atoms with van der Waals surface area (Å²) in [6, 6.07) is 2.77. The van der Waals surface area contributed by atoms with Crippen LogP contribution in [0.25, 0.3) is 0 Å². The Bertz CT molecular complexity index is 1490. The summed E-state index contributed by atoms with van der Waals surface area (Å²) in [6.07, 6.45) is 0.645. The van der Waals surface area contributed by atoms with E-state index in [2.05, 4.69) is 5.32 Å². The summed E-state index contributed by atoms with van der Waals surface area (Å²) in [7, 11) is 2.75. The van der Waals surface area contributed by atoms with Gasteiger partial charge >= 0.3 is 17.9 Å². The van der Waals surface area contributed by atoms with Gasteiger partial charge in [-0.1, -0.05) is 33.7 Å². The average molecular weight is 726 g/mol. The van der Waals surface area contributed by atoms with Crippen LogP contribution in [0.2, 0.25) is 0 Å². The number of phenols is 1. The highest BCUT2D eigenvalue weighted by atomic mass is 33.1. The molecule has 2 unspecified atom stereocenters. The highest BCUT2D eigenvalue weighted by Crippen LogP contribution is 2.51. The van der Waals surface area contributed by atoms with Gasteiger partial charge in [0.2, 0.25) is 17.7 Å². The highest BCUT2D eigenvalue weighted by Gasteiger charge is 2.64. The molecule has 1 aromatic rings. The molecule has 18 heteroatoms. The van der Waals surface area contributed by atoms with Crippen molar-refractivity contribution >= 4 is 69.0 Å². The van der Waals surface area contributed by atoms with E-state index in [0.717, 1.165) is 0 Å². The number of carbonyl (C=O) groups is 6. The molecule has 5 rings (SSSR count). The summed E-state index contributed by atoms with van der Waals surface area (Å²) in [5, 5.41) is 30.7. The largest absolute Gasteiger partial charge is 0.508 e. The van der Waals surface area contributed by atoms with Crippen molar-refractivity contribution in [2.24, 2.45) is 0 Å². The normalized spacial score (nSPS) is 26.5. The van der Waals surface area contributed by atoms with E-state index in [0.29, 0.717) is 17.1 Å². The lowest BCUT2D eigenvalue weighted by Gasteiger charge is -2.44. The van der Waals surface area contributed by atoms with Crippen LogP contribution < -0.4 is 5.32 Å². The second-order valence-electron chi connectivity index (χ2n) is 11.7. The lowest BCUT2D eigenvalue weighted by molar-refractivity contribution is -0.165. The van der Waals surface area contributed by atoms with Crippen LogP contribution in [-0.4, -0.2) is 127 Å². The van der Waals surface area contributed by atoms with E-state index < -0.39 is 70.1 Å². The molecule has 6 atom stereocenters. The Kier molecular flexibility index (Phi) is 11.1. The van der Waals surface area contributed by atoms with Crippen molar-refractivity contribution in [2.45, 2.75) is 67.1 Å². The van der Waals surface area contributed by atoms with Gasteiger partial charge in [0, 0.05) is 16.3 Å². The first-order valence-corrected chi connectivity index (χ1v) is 18.4. The summed E-state index contributed by atoms with van der Waals surface area (Å²) in [6.45, 7) is 3.21. The lowest BCUT2D eigenvalue weighted by Crippen LogP contribution is -2.70. The number of aromatic hydroxyl groups is 1. The quantitative estimate of drug-likeness (QED) is 0.0853. The SMILES string of the molecule is CC1(C)S[C@@H]2[C@H](NC(=O)C(CC(=O)OCCSSCCOC(=O)[C@H]3/C(=C\CO)O[C@@H]4CC(=O)N43)c3ccc(O)cc3)C(=O)N2C1C(=O)O. The molecule has 0 radical (unpaired) electrons. The van der Waals surface area contributed by atoms with E-state index in [-0.39, 0.29) is 50.1 Å². The third-order valence-electron chi connectivity index (χ3n) is 8.16. The first kappa shape index (κ1) is 35.7. The number of esters is 2. The fourth-order valence-corrected chi connectivity index (χ4v) is 9.18. The molecule has 0 aliphatic carbocycles. The van der Waals surface area contributed by atoms with Crippen LogP contribution in [0.4, 0.5) is 0 Å². The van der Waals surface area contributed by atoms with Crippen molar-refractivity contribution in [1.82, 2.24) is 15.1 Å². The minimum Gasteiger partial charge on any atom is -0.508 e. The number of β-lactam (4-membered cyclic amide) rings is 2. The van der Waals surface area contributed by atoms with Crippen molar-refractivity contribution in [1.29, 1.82) is 0 Å². The number of aliphatic carboxylic acids is 1. The van der Waals surface area contributed by atoms with Crippen LogP contribution in [0.3, 0.4) is 0 Å². The minimum absolute atomic E-state index is 0.0328. The second-order valence-corrected chi connectivity index (χ2v) is 16.2. The number of amides is 3. The Morgan fingerprint density at radius 1 is 1.10 bits per heavy atom. The Morgan fingerprint density at radius 3 is 2.40 bits per heavy atom. The molecule has 0 saturated carbocycles. The molecular weight excluding hydrogens is 691 g/mol. The van der Waals surface area contributed by atoms with Crippen molar-refractivity contribution in [3.05, 3.63) is 41.7 Å². The first-order chi connectivity index (χ1) is 22.8. The molecule has 4 aliphatic rings. The van der Waals surface area contributed by atoms with E-state index in [9.17, 15) is 44.1 Å². The molecule has 260 valence electrons. The Labute approximate surface area is 287 Å². The molecule has 0 bridgehead atoms. The highest BCUT2D eigenvalue weighted by molar-refractivity contribution is 8.76. The van der Waals surface area contributed by atoms with Crippen molar-refractivity contribution in [3.8, 4) is 5.75 Å². The topological polar surface area (TPSA) is 209 Å². The molecular formula is C30H35N3O12S3. The molecule has 4 fully saturated rings. The number of rotatable bonds is 15. The Morgan fingerprint density at radius 2 is 1.77 bits per heavy atom. The zero-order valence-corrected chi connectivity index (χ0v) is 28.4. The molecule has 48 heavy (non-hydrogen) atoms. The number of aliphatic hydroxyl groups is 1. The standard InChI is InChI=1S/C30H35N3O12S3/c1-30(2)24(28(40)41)33-26(39)22(27(33)48-30)31-25(38)17(15-3-5-16(35)6-4-15)13-21(37)43-9-11-46-47-12-10-44-29(42)23-18(7-8-34)45-20-14-19(36)32(20)23/h3-7,17,20,22-24,27,34-35H,8-14H2,1-2H3,(H,31,38)(H,40,41)/b18-7+/t17?,20-,22-,23-,24?,27-/m1/s1. The summed E-state index contributed by atoms with van der Waals surface area (Å²) in [5.74, 6) is -3.83. The lowest BCUT2D eigenvalue weighted by atomic mass is 9.92. The molecule has 4 aliphatic heterocycles. The van der Waals surface area contributed by atoms with E-state index >= 15 is 0 Å². The number of thioether (sulfide) groups is 1. The Balaban J connectivity index is 1.05. The summed E-state index contributed by atoms with van der Waals surface area (Å²) >= 11 is 1.29. The summed E-state index contributed by atoms with van der Waals surface area (Å²) in [5.41, 5.74) is 0.422. The number of benzene rings is 1. The molecule has 0 spiro atoms. The maximum absolute atomic E-state index is 13.4. The van der Waals surface area contributed by atoms with Gasteiger partial charge in [0.05, 0.1) is 25.4 Å². The number of carboxylic acids is 1. The minimum atomic E-state index is -1.12. The number of fused-ring (bicyclic) bond motifs is 2. The number of ether oxygens (including phenoxy) is 3. The van der Waals surface area contributed by atoms with E-state index in [1.165, 1.54) is 73.5 Å². The number of hydrogen-bond donors (Lipinski definition) is 4. The van der Waals surface area contributed by atoms with E-state index in [1.807, 2.05) is 0 Å². The van der Waals surface area contributed by atoms with Gasteiger partial charge in [-0.3, -0.25) is 24.1 Å². The number of aliphatic hydroxyl groups excluding tert-OH is 1. The van der Waals surface area contributed by atoms with Crippen LogP contribution in [0.1, 0.15) is 38.2 Å². The van der Waals surface area contributed by atoms with Crippen molar-refractivity contribution in [2.75, 3.05) is 31.3 Å². The van der Waals surface area contributed by atoms with Gasteiger partial charge in [-0.2, -0.15) is 0 Å². The number of hydrogen-bond acceptors (Lipinski definition) is 14. The number of nitrogens with zero attached hydrogens (tertiary/aromatic N) is 2. The molecule has 3 amide bonds. The zero-order chi connectivity index (χ0) is 34.7. The molecule has 1 aromatic carbocycles. The summed E-state index contributed by atoms with van der Waals surface area (Å²) < 4.78 is 15.4. The average Bonchev–Trinajstić information content (AvgIpc) is 3.47. The monoisotopic (exact) mass is 725 g/mol. The summed E-state index contributed by atoms with van der Waals surface area (Å²) in [4.78, 5) is 77.9. The van der Waals surface area contributed by atoms with Gasteiger partial charge in [-0.25, -0.2) is 9.59 Å². The van der Waals surface area contributed by atoms with Gasteiger partial charge in [0.25, 0.3) is 0 Å². The van der Waals surface area contributed by atoms with E-state index in [4.69, 9.17) is 14.2 Å². The maximum Gasteiger partial charge on any atom is 0.336 e. The van der Waals surface area contributed by atoms with Gasteiger partial charge in [-0.05, 0) is 37.6 Å². The predicted molar refractivity (Wildman–Crippen MR) is 173 cm³/mol. The number of carboxylic acid groups (broad SMARTS) is 1. The third kappa shape index (κ3) is 7.35. The predicted octanol–water partition coefficient (Wildman–Crippen LogP) is 0.799. The molecule has 4 saturated heterocycles. The van der Waals surface area contributed by atoms with Gasteiger partial charge in [0.1, 0.15) is 42.2 Å². The fraction of sp³-hybridized carbons (Fsp3) is 0.533. The third-order valence-corrected chi connectivity index (χ3v) is 12.1. The van der Waals surface area contributed by atoms with Crippen molar-refractivity contribution < 1.29 is 58.3 Å². The smallest absolute Gasteiger partial charge is 0.336 e. The van der Waals surface area contributed by atoms with Crippen LogP contribution >= 0.6 is 33.3 Å². The van der Waals surface area contributed by atoms with Crippen LogP contribution in [0, 0.1) is 0 Å². The van der Waals surface area contributed by atoms with Crippen LogP contribution in [-0.2, 0) is 43.0 Å². The number of phenolic OH excluding ortho intramolecular Hbond substituents is 1. The van der Waals surface area contributed by atoms with Crippen LogP contribution in [0.15, 0.2) is 36.1 Å². The number of carbonyl (C=O) groups excluding carboxylic acids is 5. The maximum atomic E-state index is 13.4. The Hall–Kier alpha value is -3.61. The molecule has 4 heterocycles. The van der Waals surface area contributed by atoms with Crippen LogP contribution in [0.5, 0.6) is 5.75 Å². The zero-order valence-electron chi connectivity index (χ0n) is 25.9. The van der Waals surface area contributed by atoms with Gasteiger partial charge < -0.3 is 39.7 Å². The van der Waals surface area contributed by atoms with E-state index in [1.54, 1.807) is 13.8 Å².